The van der Waals surface area contributed by atoms with Gasteiger partial charge in [-0.15, -0.1) is 0 Å². The fourth-order valence-corrected chi connectivity index (χ4v) is 1.62. The molecular weight excluding hydrogens is 266 g/mol. The van der Waals surface area contributed by atoms with Crippen LogP contribution in [0.5, 0.6) is 0 Å². The molecular formula is C7H8BrN5S. The lowest BCUT2D eigenvalue weighted by Gasteiger charge is -1.93. The molecule has 14 heavy (non-hydrogen) atoms. The summed E-state index contributed by atoms with van der Waals surface area (Å²) in [4.78, 5) is 4.19. The molecule has 2 heterocycles. The van der Waals surface area contributed by atoms with Crippen LogP contribution in [0.4, 0.5) is 0 Å². The summed E-state index contributed by atoms with van der Waals surface area (Å²) in [6, 6.07) is 0. The molecule has 0 saturated carbocycles. The van der Waals surface area contributed by atoms with Crippen LogP contribution < -0.4 is 0 Å². The topological polar surface area (TPSA) is 51.4 Å². The molecule has 0 atom stereocenters. The molecule has 2 rings (SSSR count). The SMILES string of the molecule is Cn1ncc(-c2nc(=S)n(C)[nH]2)c1Br. The standard InChI is InChI=1S/C7H8BrN5S/c1-12-5(8)4(3-9-12)6-10-7(14)13(2)11-6/h3H,1-2H3,(H,10,11,14). The van der Waals surface area contributed by atoms with E-state index in [2.05, 4.69) is 31.1 Å². The third-order valence-corrected chi connectivity index (χ3v) is 3.20. The summed E-state index contributed by atoms with van der Waals surface area (Å²) in [6.07, 6.45) is 1.73. The second kappa shape index (κ2) is 3.32. The molecule has 2 aromatic rings. The van der Waals surface area contributed by atoms with Gasteiger partial charge < -0.3 is 0 Å². The smallest absolute Gasteiger partial charge is 0.216 e. The van der Waals surface area contributed by atoms with Gasteiger partial charge in [-0.3, -0.25) is 14.5 Å². The van der Waals surface area contributed by atoms with Gasteiger partial charge in [-0.25, -0.2) is 0 Å². The van der Waals surface area contributed by atoms with Crippen molar-refractivity contribution in [2.24, 2.45) is 14.1 Å². The Bertz CT molecular complexity index is 522. The summed E-state index contributed by atoms with van der Waals surface area (Å²) in [5.74, 6) is 0.720. The molecule has 74 valence electrons. The predicted molar refractivity (Wildman–Crippen MR) is 58.3 cm³/mol. The molecule has 0 fully saturated rings. The van der Waals surface area contributed by atoms with Crippen molar-refractivity contribution < 1.29 is 0 Å². The molecule has 0 amide bonds. The van der Waals surface area contributed by atoms with Crippen LogP contribution in [0.25, 0.3) is 11.4 Å². The number of nitrogens with zero attached hydrogens (tertiary/aromatic N) is 4. The van der Waals surface area contributed by atoms with Crippen molar-refractivity contribution in [3.63, 3.8) is 0 Å². The Labute approximate surface area is 93.9 Å². The Balaban J connectivity index is 2.60. The van der Waals surface area contributed by atoms with Crippen LogP contribution in [0.3, 0.4) is 0 Å². The molecule has 0 aliphatic carbocycles. The van der Waals surface area contributed by atoms with E-state index < -0.39 is 0 Å². The van der Waals surface area contributed by atoms with Gasteiger partial charge in [0.2, 0.25) is 4.77 Å². The quantitative estimate of drug-likeness (QED) is 0.804. The summed E-state index contributed by atoms with van der Waals surface area (Å²) in [6.45, 7) is 0. The molecule has 0 spiro atoms. The Morgan fingerprint density at radius 2 is 2.21 bits per heavy atom. The number of hydrogen-bond acceptors (Lipinski definition) is 3. The first-order valence-electron chi connectivity index (χ1n) is 3.90. The second-order valence-corrected chi connectivity index (χ2v) is 4.00. The van der Waals surface area contributed by atoms with Gasteiger partial charge in [0.15, 0.2) is 5.82 Å². The van der Waals surface area contributed by atoms with E-state index in [1.54, 1.807) is 15.6 Å². The minimum absolute atomic E-state index is 0.524. The summed E-state index contributed by atoms with van der Waals surface area (Å²) >= 11 is 8.42. The Morgan fingerprint density at radius 1 is 1.50 bits per heavy atom. The third-order valence-electron chi connectivity index (χ3n) is 1.89. The number of nitrogens with one attached hydrogen (secondary N) is 1. The molecule has 1 N–H and O–H groups in total. The highest BCUT2D eigenvalue weighted by Gasteiger charge is 2.10. The lowest BCUT2D eigenvalue weighted by atomic mass is 10.3. The first kappa shape index (κ1) is 9.60. The summed E-state index contributed by atoms with van der Waals surface area (Å²) in [5.41, 5.74) is 0.902. The Morgan fingerprint density at radius 3 is 2.64 bits per heavy atom. The highest BCUT2D eigenvalue weighted by molar-refractivity contribution is 9.10. The molecule has 0 aliphatic rings. The number of rotatable bonds is 1. The largest absolute Gasteiger partial charge is 0.279 e. The van der Waals surface area contributed by atoms with Gasteiger partial charge in [-0.05, 0) is 28.1 Å². The zero-order valence-corrected chi connectivity index (χ0v) is 10.1. The van der Waals surface area contributed by atoms with Crippen LogP contribution in [0.1, 0.15) is 0 Å². The maximum Gasteiger partial charge on any atom is 0.216 e. The minimum atomic E-state index is 0.524. The molecule has 0 radical (unpaired) electrons. The van der Waals surface area contributed by atoms with Crippen LogP contribution in [0.15, 0.2) is 10.8 Å². The van der Waals surface area contributed by atoms with E-state index in [4.69, 9.17) is 12.2 Å². The molecule has 0 aromatic carbocycles. The number of H-pyrrole nitrogens is 1. The van der Waals surface area contributed by atoms with Crippen molar-refractivity contribution in [2.75, 3.05) is 0 Å². The maximum absolute atomic E-state index is 5.00. The number of aromatic amines is 1. The highest BCUT2D eigenvalue weighted by atomic mass is 79.9. The molecule has 0 bridgehead atoms. The molecule has 2 aromatic heterocycles. The molecule has 5 nitrogen and oxygen atoms in total. The normalized spacial score (nSPS) is 10.8. The fourth-order valence-electron chi connectivity index (χ4n) is 1.10. The van der Waals surface area contributed by atoms with Crippen molar-refractivity contribution in [1.82, 2.24) is 24.5 Å². The summed E-state index contributed by atoms with van der Waals surface area (Å²) in [7, 11) is 3.67. The number of halogens is 1. The summed E-state index contributed by atoms with van der Waals surface area (Å²) in [5, 5.41) is 7.13. The van der Waals surface area contributed by atoms with E-state index in [1.165, 1.54) is 0 Å². The molecule has 0 saturated heterocycles. The van der Waals surface area contributed by atoms with Crippen molar-refractivity contribution in [2.45, 2.75) is 0 Å². The van der Waals surface area contributed by atoms with Crippen molar-refractivity contribution in [1.29, 1.82) is 0 Å². The van der Waals surface area contributed by atoms with E-state index >= 15 is 0 Å². The predicted octanol–water partition coefficient (Wildman–Crippen LogP) is 1.64. The minimum Gasteiger partial charge on any atom is -0.279 e. The molecule has 0 unspecified atom stereocenters. The number of hydrogen-bond donors (Lipinski definition) is 1. The van der Waals surface area contributed by atoms with E-state index in [1.807, 2.05) is 14.1 Å². The van der Waals surface area contributed by atoms with Crippen LogP contribution >= 0.6 is 28.1 Å². The lowest BCUT2D eigenvalue weighted by Crippen LogP contribution is -1.90. The Kier molecular flexibility index (Phi) is 2.28. The van der Waals surface area contributed by atoms with Crippen LogP contribution in [0, 0.1) is 4.77 Å². The molecule has 0 aliphatic heterocycles. The number of aromatic nitrogens is 5. The van der Waals surface area contributed by atoms with Gasteiger partial charge in [-0.1, -0.05) is 0 Å². The van der Waals surface area contributed by atoms with Crippen LogP contribution in [-0.2, 0) is 14.1 Å². The lowest BCUT2D eigenvalue weighted by molar-refractivity contribution is 0.748. The zero-order valence-electron chi connectivity index (χ0n) is 7.65. The second-order valence-electron chi connectivity index (χ2n) is 2.89. The van der Waals surface area contributed by atoms with Crippen molar-refractivity contribution >= 4 is 28.1 Å². The monoisotopic (exact) mass is 273 g/mol. The third kappa shape index (κ3) is 1.42. The van der Waals surface area contributed by atoms with Gasteiger partial charge in [0, 0.05) is 14.1 Å². The van der Waals surface area contributed by atoms with Crippen LogP contribution in [-0.4, -0.2) is 24.5 Å². The van der Waals surface area contributed by atoms with Crippen molar-refractivity contribution in [3.05, 3.63) is 15.6 Å². The first-order chi connectivity index (χ1) is 6.59. The Hall–Kier alpha value is -0.950. The van der Waals surface area contributed by atoms with Gasteiger partial charge in [0.25, 0.3) is 0 Å². The highest BCUT2D eigenvalue weighted by Crippen LogP contribution is 2.23. The molecule has 7 heteroatoms. The van der Waals surface area contributed by atoms with E-state index in [0.717, 1.165) is 16.0 Å². The van der Waals surface area contributed by atoms with Gasteiger partial charge >= 0.3 is 0 Å². The van der Waals surface area contributed by atoms with E-state index in [9.17, 15) is 0 Å². The van der Waals surface area contributed by atoms with Gasteiger partial charge in [-0.2, -0.15) is 10.1 Å². The van der Waals surface area contributed by atoms with E-state index in [0.29, 0.717) is 4.77 Å². The summed E-state index contributed by atoms with van der Waals surface area (Å²) < 4.78 is 4.81. The van der Waals surface area contributed by atoms with Crippen molar-refractivity contribution in [3.8, 4) is 11.4 Å². The first-order valence-corrected chi connectivity index (χ1v) is 5.10. The average Bonchev–Trinajstić information content (AvgIpc) is 2.61. The fraction of sp³-hybridized carbons (Fsp3) is 0.286. The van der Waals surface area contributed by atoms with Gasteiger partial charge in [0.1, 0.15) is 4.60 Å². The number of aryl methyl sites for hydroxylation is 2. The van der Waals surface area contributed by atoms with Crippen LogP contribution in [0.2, 0.25) is 0 Å². The average molecular weight is 274 g/mol. The maximum atomic E-state index is 5.00. The van der Waals surface area contributed by atoms with Gasteiger partial charge in [0.05, 0.1) is 11.8 Å². The zero-order chi connectivity index (χ0) is 10.3. The van der Waals surface area contributed by atoms with E-state index in [-0.39, 0.29) is 0 Å².